The van der Waals surface area contributed by atoms with Crippen molar-refractivity contribution in [3.05, 3.63) is 36.4 Å². The molecule has 0 saturated carbocycles. The van der Waals surface area contributed by atoms with E-state index in [1.165, 1.54) is 0 Å². The van der Waals surface area contributed by atoms with Crippen LogP contribution in [0.15, 0.2) is 36.4 Å². The largest absolute Gasteiger partial charge is 0.497 e. The summed E-state index contributed by atoms with van der Waals surface area (Å²) in [6.07, 6.45) is 0.245. The van der Waals surface area contributed by atoms with Gasteiger partial charge in [-0.15, -0.1) is 10.2 Å². The number of amides is 2. The fraction of sp³-hybridized carbons (Fsp3) is 0.429. The highest BCUT2D eigenvalue weighted by Gasteiger charge is 2.38. The van der Waals surface area contributed by atoms with E-state index in [0.29, 0.717) is 38.6 Å². The van der Waals surface area contributed by atoms with E-state index in [-0.39, 0.29) is 24.2 Å². The number of carbonyl (C=O) groups is 2. The average Bonchev–Trinajstić information content (AvgIpc) is 3.20. The molecule has 1 aromatic heterocycles. The van der Waals surface area contributed by atoms with Gasteiger partial charge in [-0.25, -0.2) is 0 Å². The summed E-state index contributed by atoms with van der Waals surface area (Å²) in [6.45, 7) is 2.96. The average molecular weight is 411 g/mol. The van der Waals surface area contributed by atoms with Crippen molar-refractivity contribution in [3.63, 3.8) is 0 Å². The van der Waals surface area contributed by atoms with E-state index in [1.54, 1.807) is 25.2 Å². The number of methoxy groups -OCH3 is 2. The Morgan fingerprint density at radius 2 is 1.70 bits per heavy atom. The van der Waals surface area contributed by atoms with E-state index in [1.807, 2.05) is 35.2 Å². The zero-order valence-electron chi connectivity index (χ0n) is 17.2. The molecule has 1 atom stereocenters. The Balaban J connectivity index is 1.34. The van der Waals surface area contributed by atoms with Crippen molar-refractivity contribution in [1.82, 2.24) is 15.1 Å². The predicted octanol–water partition coefficient (Wildman–Crippen LogP) is 1.20. The molecule has 0 spiro atoms. The van der Waals surface area contributed by atoms with Crippen LogP contribution in [0.5, 0.6) is 11.6 Å². The summed E-state index contributed by atoms with van der Waals surface area (Å²) in [6, 6.07) is 11.0. The fourth-order valence-electron chi connectivity index (χ4n) is 3.89. The summed E-state index contributed by atoms with van der Waals surface area (Å²) < 4.78 is 10.2. The lowest BCUT2D eigenvalue weighted by molar-refractivity contribution is -0.136. The Morgan fingerprint density at radius 3 is 2.30 bits per heavy atom. The minimum absolute atomic E-state index is 0.0225. The maximum absolute atomic E-state index is 13.0. The molecule has 30 heavy (non-hydrogen) atoms. The van der Waals surface area contributed by atoms with E-state index in [9.17, 15) is 9.59 Å². The summed E-state index contributed by atoms with van der Waals surface area (Å²) in [7, 11) is 3.16. The molecule has 2 saturated heterocycles. The molecular weight excluding hydrogens is 386 g/mol. The molecular formula is C21H25N5O4. The van der Waals surface area contributed by atoms with Gasteiger partial charge >= 0.3 is 0 Å². The van der Waals surface area contributed by atoms with Gasteiger partial charge in [0.25, 0.3) is 0 Å². The van der Waals surface area contributed by atoms with Crippen LogP contribution in [0.25, 0.3) is 0 Å². The Hall–Kier alpha value is -3.36. The van der Waals surface area contributed by atoms with Crippen LogP contribution in [-0.4, -0.2) is 73.9 Å². The Morgan fingerprint density at radius 1 is 0.967 bits per heavy atom. The molecule has 158 valence electrons. The third-order valence-corrected chi connectivity index (χ3v) is 5.61. The van der Waals surface area contributed by atoms with Gasteiger partial charge < -0.3 is 24.2 Å². The van der Waals surface area contributed by atoms with Gasteiger partial charge in [-0.1, -0.05) is 0 Å². The molecule has 0 bridgehead atoms. The molecule has 3 heterocycles. The lowest BCUT2D eigenvalue weighted by atomic mass is 10.1. The summed E-state index contributed by atoms with van der Waals surface area (Å²) in [5.74, 6) is 1.68. The number of carbonyl (C=O) groups excluding carboxylic acids is 2. The number of nitrogens with zero attached hydrogens (tertiary/aromatic N) is 5. The van der Waals surface area contributed by atoms with E-state index < -0.39 is 0 Å². The molecule has 0 radical (unpaired) electrons. The normalized spacial score (nSPS) is 19.2. The van der Waals surface area contributed by atoms with Crippen LogP contribution in [0.3, 0.4) is 0 Å². The quantitative estimate of drug-likeness (QED) is 0.730. The van der Waals surface area contributed by atoms with Crippen LogP contribution in [0, 0.1) is 5.92 Å². The molecule has 2 aliphatic heterocycles. The molecule has 2 amide bonds. The number of hydrogen-bond donors (Lipinski definition) is 0. The maximum Gasteiger partial charge on any atom is 0.233 e. The minimum Gasteiger partial charge on any atom is -0.497 e. The van der Waals surface area contributed by atoms with Crippen molar-refractivity contribution in [2.75, 3.05) is 56.7 Å². The van der Waals surface area contributed by atoms with E-state index in [0.717, 1.165) is 17.3 Å². The smallest absolute Gasteiger partial charge is 0.233 e. The van der Waals surface area contributed by atoms with Crippen LogP contribution >= 0.6 is 0 Å². The second-order valence-corrected chi connectivity index (χ2v) is 7.35. The van der Waals surface area contributed by atoms with Crippen molar-refractivity contribution in [2.24, 2.45) is 5.92 Å². The van der Waals surface area contributed by atoms with Gasteiger partial charge in [0.05, 0.1) is 20.1 Å². The highest BCUT2D eigenvalue weighted by Crippen LogP contribution is 2.28. The first-order valence-electron chi connectivity index (χ1n) is 9.95. The highest BCUT2D eigenvalue weighted by molar-refractivity contribution is 6.00. The van der Waals surface area contributed by atoms with E-state index in [4.69, 9.17) is 9.47 Å². The Bertz CT molecular complexity index is 895. The second-order valence-electron chi connectivity index (χ2n) is 7.35. The molecule has 0 aliphatic carbocycles. The molecule has 1 aromatic carbocycles. The summed E-state index contributed by atoms with van der Waals surface area (Å²) >= 11 is 0. The van der Waals surface area contributed by atoms with Gasteiger partial charge in [0, 0.05) is 50.9 Å². The molecule has 9 heteroatoms. The third-order valence-electron chi connectivity index (χ3n) is 5.61. The lowest BCUT2D eigenvalue weighted by Gasteiger charge is -2.36. The van der Waals surface area contributed by atoms with Crippen molar-refractivity contribution in [1.29, 1.82) is 0 Å². The maximum atomic E-state index is 13.0. The minimum atomic E-state index is -0.313. The van der Waals surface area contributed by atoms with E-state index in [2.05, 4.69) is 15.1 Å². The number of hydrogen-bond acceptors (Lipinski definition) is 7. The van der Waals surface area contributed by atoms with Crippen LogP contribution in [0.4, 0.5) is 11.5 Å². The standard InChI is InChI=1S/C21H25N5O4/c1-29-17-5-3-16(4-6-17)26-14-15(13-20(26)27)21(28)25-11-9-24(10-12-25)18-7-8-19(30-2)23-22-18/h3-8,15H,9-14H2,1-2H3. The van der Waals surface area contributed by atoms with Crippen LogP contribution in [0.2, 0.25) is 0 Å². The second kappa shape index (κ2) is 8.56. The van der Waals surface area contributed by atoms with Crippen LogP contribution < -0.4 is 19.3 Å². The van der Waals surface area contributed by atoms with Gasteiger partial charge in [-0.3, -0.25) is 9.59 Å². The number of aromatic nitrogens is 2. The summed E-state index contributed by atoms with van der Waals surface area (Å²) in [4.78, 5) is 31.2. The number of benzene rings is 1. The fourth-order valence-corrected chi connectivity index (χ4v) is 3.89. The molecule has 2 aromatic rings. The highest BCUT2D eigenvalue weighted by atomic mass is 16.5. The monoisotopic (exact) mass is 411 g/mol. The molecule has 2 aliphatic rings. The first-order valence-corrected chi connectivity index (χ1v) is 9.95. The summed E-state index contributed by atoms with van der Waals surface area (Å²) in [5.41, 5.74) is 0.791. The number of rotatable bonds is 5. The third kappa shape index (κ3) is 4.00. The van der Waals surface area contributed by atoms with Crippen LogP contribution in [0.1, 0.15) is 6.42 Å². The van der Waals surface area contributed by atoms with Gasteiger partial charge in [0.15, 0.2) is 5.82 Å². The predicted molar refractivity (Wildman–Crippen MR) is 111 cm³/mol. The zero-order chi connectivity index (χ0) is 21.1. The molecule has 1 unspecified atom stereocenters. The Kier molecular flexibility index (Phi) is 5.69. The topological polar surface area (TPSA) is 88.1 Å². The zero-order valence-corrected chi connectivity index (χ0v) is 17.2. The molecule has 9 nitrogen and oxygen atoms in total. The van der Waals surface area contributed by atoms with Gasteiger partial charge in [-0.05, 0) is 30.3 Å². The number of ether oxygens (including phenoxy) is 2. The molecule has 2 fully saturated rings. The number of anilines is 2. The summed E-state index contributed by atoms with van der Waals surface area (Å²) in [5, 5.41) is 8.17. The van der Waals surface area contributed by atoms with Crippen LogP contribution in [-0.2, 0) is 9.59 Å². The van der Waals surface area contributed by atoms with Crippen molar-refractivity contribution >= 4 is 23.3 Å². The van der Waals surface area contributed by atoms with Gasteiger partial charge in [-0.2, -0.15) is 0 Å². The first kappa shape index (κ1) is 19.9. The van der Waals surface area contributed by atoms with Crippen molar-refractivity contribution < 1.29 is 19.1 Å². The molecule has 0 N–H and O–H groups in total. The first-order chi connectivity index (χ1) is 14.6. The lowest BCUT2D eigenvalue weighted by Crippen LogP contribution is -2.51. The number of piperazine rings is 1. The van der Waals surface area contributed by atoms with Gasteiger partial charge in [0.1, 0.15) is 5.75 Å². The molecule has 4 rings (SSSR count). The van der Waals surface area contributed by atoms with Crippen molar-refractivity contribution in [2.45, 2.75) is 6.42 Å². The SMILES string of the molecule is COc1ccc(N2CC(C(=O)N3CCN(c4ccc(OC)nn4)CC3)CC2=O)cc1. The van der Waals surface area contributed by atoms with Crippen molar-refractivity contribution in [3.8, 4) is 11.6 Å². The van der Waals surface area contributed by atoms with Gasteiger partial charge in [0.2, 0.25) is 17.7 Å². The Labute approximate surface area is 175 Å². The van der Waals surface area contributed by atoms with E-state index >= 15 is 0 Å².